The lowest BCUT2D eigenvalue weighted by Gasteiger charge is -2.20. The van der Waals surface area contributed by atoms with Crippen molar-refractivity contribution in [1.82, 2.24) is 4.72 Å². The van der Waals surface area contributed by atoms with E-state index in [1.807, 2.05) is 0 Å². The van der Waals surface area contributed by atoms with Gasteiger partial charge >= 0.3 is 0 Å². The fourth-order valence-corrected chi connectivity index (χ4v) is 3.70. The highest BCUT2D eigenvalue weighted by molar-refractivity contribution is 7.89. The molecule has 0 heterocycles. The molecule has 0 saturated carbocycles. The van der Waals surface area contributed by atoms with Crippen molar-refractivity contribution >= 4 is 33.4 Å². The summed E-state index contributed by atoms with van der Waals surface area (Å²) >= 11 is 0. The van der Waals surface area contributed by atoms with Gasteiger partial charge in [-0.05, 0) is 56.7 Å². The van der Waals surface area contributed by atoms with Crippen molar-refractivity contribution in [2.75, 3.05) is 5.32 Å². The van der Waals surface area contributed by atoms with Crippen molar-refractivity contribution < 1.29 is 18.1 Å². The SMILES string of the molecule is CC(C)(C)NS(=O)(=O)c1ccc(NC(=O)C=Cc2cccc([N+](=O)[O-])c2)cc1. The van der Waals surface area contributed by atoms with E-state index in [4.69, 9.17) is 0 Å². The van der Waals surface area contributed by atoms with E-state index < -0.39 is 26.4 Å². The highest BCUT2D eigenvalue weighted by Gasteiger charge is 2.21. The first-order valence-corrected chi connectivity index (χ1v) is 9.82. The average molecular weight is 403 g/mol. The van der Waals surface area contributed by atoms with E-state index in [1.54, 1.807) is 26.8 Å². The number of rotatable bonds is 6. The molecule has 1 amide bonds. The number of anilines is 1. The largest absolute Gasteiger partial charge is 0.323 e. The predicted molar refractivity (Wildman–Crippen MR) is 107 cm³/mol. The number of hydrogen-bond acceptors (Lipinski definition) is 5. The van der Waals surface area contributed by atoms with Crippen LogP contribution < -0.4 is 10.0 Å². The minimum Gasteiger partial charge on any atom is -0.323 e. The molecule has 0 fully saturated rings. The lowest BCUT2D eigenvalue weighted by atomic mass is 10.1. The van der Waals surface area contributed by atoms with Gasteiger partial charge in [-0.3, -0.25) is 14.9 Å². The Balaban J connectivity index is 2.05. The van der Waals surface area contributed by atoms with Gasteiger partial charge in [0.1, 0.15) is 0 Å². The molecule has 2 aromatic carbocycles. The summed E-state index contributed by atoms with van der Waals surface area (Å²) in [6, 6.07) is 11.6. The fourth-order valence-electron chi connectivity index (χ4n) is 2.28. The summed E-state index contributed by atoms with van der Waals surface area (Å²) in [5.41, 5.74) is 0.258. The second-order valence-electron chi connectivity index (χ2n) is 7.05. The molecule has 0 radical (unpaired) electrons. The molecule has 0 spiro atoms. The van der Waals surface area contributed by atoms with Crippen molar-refractivity contribution in [1.29, 1.82) is 0 Å². The zero-order valence-electron chi connectivity index (χ0n) is 15.7. The monoisotopic (exact) mass is 403 g/mol. The minimum absolute atomic E-state index is 0.0665. The Morgan fingerprint density at radius 3 is 2.32 bits per heavy atom. The first-order chi connectivity index (χ1) is 13.0. The van der Waals surface area contributed by atoms with Crippen molar-refractivity contribution in [3.8, 4) is 0 Å². The summed E-state index contributed by atoms with van der Waals surface area (Å²) in [6.07, 6.45) is 2.69. The zero-order chi connectivity index (χ0) is 20.9. The number of hydrogen-bond donors (Lipinski definition) is 2. The van der Waals surface area contributed by atoms with Gasteiger partial charge in [-0.1, -0.05) is 12.1 Å². The van der Waals surface area contributed by atoms with Crippen LogP contribution in [0.1, 0.15) is 26.3 Å². The first kappa shape index (κ1) is 21.3. The highest BCUT2D eigenvalue weighted by Crippen LogP contribution is 2.17. The second kappa shape index (κ2) is 8.32. The van der Waals surface area contributed by atoms with Crippen LogP contribution in [0.25, 0.3) is 6.08 Å². The number of benzene rings is 2. The molecular formula is C19H21N3O5S. The van der Waals surface area contributed by atoms with Crippen LogP contribution in [0.2, 0.25) is 0 Å². The van der Waals surface area contributed by atoms with Gasteiger partial charge in [0, 0.05) is 29.4 Å². The van der Waals surface area contributed by atoms with E-state index in [0.717, 1.165) is 0 Å². The fraction of sp³-hybridized carbons (Fsp3) is 0.211. The molecule has 0 aromatic heterocycles. The van der Waals surface area contributed by atoms with Crippen LogP contribution in [0.15, 0.2) is 59.5 Å². The van der Waals surface area contributed by atoms with Gasteiger partial charge in [0.05, 0.1) is 9.82 Å². The molecule has 0 unspecified atom stereocenters. The molecule has 2 N–H and O–H groups in total. The van der Waals surface area contributed by atoms with E-state index >= 15 is 0 Å². The Labute approximate surface area is 163 Å². The molecule has 2 aromatic rings. The number of nitro benzene ring substituents is 1. The van der Waals surface area contributed by atoms with Crippen molar-refractivity contribution in [3.05, 3.63) is 70.3 Å². The maximum atomic E-state index is 12.3. The average Bonchev–Trinajstić information content (AvgIpc) is 2.58. The summed E-state index contributed by atoms with van der Waals surface area (Å²) in [6.45, 7) is 5.23. The van der Waals surface area contributed by atoms with E-state index in [2.05, 4.69) is 10.0 Å². The minimum atomic E-state index is -3.65. The third-order valence-electron chi connectivity index (χ3n) is 3.38. The molecule has 0 aliphatic heterocycles. The standard InChI is InChI=1S/C19H21N3O5S/c1-19(2,3)21-28(26,27)17-10-8-15(9-11-17)20-18(23)12-7-14-5-4-6-16(13-14)22(24)25/h4-13,21H,1-3H3,(H,20,23). The van der Waals surface area contributed by atoms with Gasteiger partial charge < -0.3 is 5.32 Å². The Bertz CT molecular complexity index is 1010. The summed E-state index contributed by atoms with van der Waals surface area (Å²) < 4.78 is 27.1. The second-order valence-corrected chi connectivity index (χ2v) is 8.74. The smallest absolute Gasteiger partial charge is 0.270 e. The van der Waals surface area contributed by atoms with E-state index in [0.29, 0.717) is 11.3 Å². The molecule has 0 aliphatic rings. The Morgan fingerprint density at radius 2 is 1.75 bits per heavy atom. The topological polar surface area (TPSA) is 118 Å². The van der Waals surface area contributed by atoms with Crippen LogP contribution in [-0.2, 0) is 14.8 Å². The van der Waals surface area contributed by atoms with Crippen LogP contribution in [0.4, 0.5) is 11.4 Å². The lowest BCUT2D eigenvalue weighted by Crippen LogP contribution is -2.40. The van der Waals surface area contributed by atoms with Crippen LogP contribution >= 0.6 is 0 Å². The molecule has 0 atom stereocenters. The number of nitro groups is 1. The van der Waals surface area contributed by atoms with Gasteiger partial charge in [0.15, 0.2) is 0 Å². The van der Waals surface area contributed by atoms with E-state index in [9.17, 15) is 23.3 Å². The van der Waals surface area contributed by atoms with Crippen LogP contribution in [-0.4, -0.2) is 24.8 Å². The molecular weight excluding hydrogens is 382 g/mol. The van der Waals surface area contributed by atoms with Crippen LogP contribution in [0.3, 0.4) is 0 Å². The van der Waals surface area contributed by atoms with Crippen molar-refractivity contribution in [2.45, 2.75) is 31.2 Å². The van der Waals surface area contributed by atoms with Gasteiger partial charge in [-0.15, -0.1) is 0 Å². The number of carbonyl (C=O) groups is 1. The van der Waals surface area contributed by atoms with Gasteiger partial charge in [-0.2, -0.15) is 0 Å². The first-order valence-electron chi connectivity index (χ1n) is 8.34. The van der Waals surface area contributed by atoms with Crippen molar-refractivity contribution in [2.24, 2.45) is 0 Å². The molecule has 0 bridgehead atoms. The Hall–Kier alpha value is -3.04. The number of amides is 1. The Kier molecular flexibility index (Phi) is 6.32. The maximum absolute atomic E-state index is 12.3. The lowest BCUT2D eigenvalue weighted by molar-refractivity contribution is -0.384. The molecule has 9 heteroatoms. The van der Waals surface area contributed by atoms with E-state index in [1.165, 1.54) is 54.6 Å². The number of carbonyl (C=O) groups excluding carboxylic acids is 1. The molecule has 148 valence electrons. The van der Waals surface area contributed by atoms with E-state index in [-0.39, 0.29) is 10.6 Å². The normalized spacial score (nSPS) is 12.1. The number of sulfonamides is 1. The van der Waals surface area contributed by atoms with Gasteiger partial charge in [-0.25, -0.2) is 13.1 Å². The highest BCUT2D eigenvalue weighted by atomic mass is 32.2. The quantitative estimate of drug-likeness (QED) is 0.436. The summed E-state index contributed by atoms with van der Waals surface area (Å²) in [5, 5.41) is 13.4. The summed E-state index contributed by atoms with van der Waals surface area (Å²) in [4.78, 5) is 22.4. The maximum Gasteiger partial charge on any atom is 0.270 e. The number of nitrogens with zero attached hydrogens (tertiary/aromatic N) is 1. The van der Waals surface area contributed by atoms with Gasteiger partial charge in [0.25, 0.3) is 5.69 Å². The molecule has 8 nitrogen and oxygen atoms in total. The summed E-state index contributed by atoms with van der Waals surface area (Å²) in [7, 11) is -3.65. The third-order valence-corrected chi connectivity index (χ3v) is 5.15. The van der Waals surface area contributed by atoms with Crippen LogP contribution in [0, 0.1) is 10.1 Å². The molecule has 0 saturated heterocycles. The number of nitrogens with one attached hydrogen (secondary N) is 2. The van der Waals surface area contributed by atoms with Gasteiger partial charge in [0.2, 0.25) is 15.9 Å². The Morgan fingerprint density at radius 1 is 1.11 bits per heavy atom. The molecule has 28 heavy (non-hydrogen) atoms. The summed E-state index contributed by atoms with van der Waals surface area (Å²) in [5.74, 6) is -0.449. The third kappa shape index (κ3) is 6.29. The van der Waals surface area contributed by atoms with Crippen LogP contribution in [0.5, 0.6) is 0 Å². The van der Waals surface area contributed by atoms with Crippen molar-refractivity contribution in [3.63, 3.8) is 0 Å². The zero-order valence-corrected chi connectivity index (χ0v) is 16.5. The predicted octanol–water partition coefficient (Wildman–Crippen LogP) is 3.32. The molecule has 0 aliphatic carbocycles. The number of non-ortho nitro benzene ring substituents is 1. The molecule has 2 rings (SSSR count).